The lowest BCUT2D eigenvalue weighted by molar-refractivity contribution is 0.0957. The summed E-state index contributed by atoms with van der Waals surface area (Å²) in [6.07, 6.45) is 0. The van der Waals surface area contributed by atoms with Crippen molar-refractivity contribution in [1.82, 2.24) is 5.32 Å². The van der Waals surface area contributed by atoms with Crippen LogP contribution in [0.5, 0.6) is 5.75 Å². The van der Waals surface area contributed by atoms with E-state index in [1.807, 2.05) is 19.9 Å². The number of ether oxygens (including phenoxy) is 1. The van der Waals surface area contributed by atoms with E-state index >= 15 is 0 Å². The molecule has 0 saturated carbocycles. The first-order chi connectivity index (χ1) is 11.8. The van der Waals surface area contributed by atoms with Gasteiger partial charge in [0.15, 0.2) is 0 Å². The van der Waals surface area contributed by atoms with E-state index < -0.39 is 10.0 Å². The molecule has 0 aromatic heterocycles. The monoisotopic (exact) mass is 360 g/mol. The van der Waals surface area contributed by atoms with Gasteiger partial charge in [0.1, 0.15) is 12.4 Å². The van der Waals surface area contributed by atoms with E-state index in [1.54, 1.807) is 25.1 Å². The Labute approximate surface area is 147 Å². The predicted octanol–water partition coefficient (Wildman–Crippen LogP) is 2.53. The third kappa shape index (κ3) is 3.46. The smallest absolute Gasteiger partial charge is 0.262 e. The van der Waals surface area contributed by atoms with Crippen LogP contribution in [0.1, 0.15) is 27.0 Å². The van der Waals surface area contributed by atoms with Crippen LogP contribution in [-0.2, 0) is 10.0 Å². The van der Waals surface area contributed by atoms with Gasteiger partial charge in [-0.3, -0.25) is 9.52 Å². The fourth-order valence-electron chi connectivity index (χ4n) is 2.75. The molecule has 0 aliphatic carbocycles. The van der Waals surface area contributed by atoms with E-state index in [-0.39, 0.29) is 10.8 Å². The number of fused-ring (bicyclic) bond motifs is 1. The molecular formula is C18H20N2O4S. The zero-order valence-corrected chi connectivity index (χ0v) is 15.2. The van der Waals surface area contributed by atoms with Gasteiger partial charge in [0, 0.05) is 5.69 Å². The van der Waals surface area contributed by atoms with Crippen LogP contribution < -0.4 is 14.8 Å². The number of sulfonamides is 1. The first-order valence-corrected chi connectivity index (χ1v) is 9.42. The summed E-state index contributed by atoms with van der Waals surface area (Å²) in [4.78, 5) is 12.3. The number of carbonyl (C=O) groups is 1. The SMILES string of the molecule is Cc1cc(C)c(S(=O)(=O)Nc2ccc3c(c2)C(=O)NCCO3)cc1C. The number of benzene rings is 2. The van der Waals surface area contributed by atoms with E-state index in [9.17, 15) is 13.2 Å². The number of anilines is 1. The van der Waals surface area contributed by atoms with Crippen molar-refractivity contribution >= 4 is 21.6 Å². The summed E-state index contributed by atoms with van der Waals surface area (Å²) in [5.41, 5.74) is 3.24. The maximum atomic E-state index is 12.8. The quantitative estimate of drug-likeness (QED) is 0.881. The minimum atomic E-state index is -3.76. The fraction of sp³-hybridized carbons (Fsp3) is 0.278. The van der Waals surface area contributed by atoms with Gasteiger partial charge in [0.25, 0.3) is 15.9 Å². The molecule has 0 unspecified atom stereocenters. The van der Waals surface area contributed by atoms with Gasteiger partial charge >= 0.3 is 0 Å². The molecule has 1 heterocycles. The second-order valence-corrected chi connectivity index (χ2v) is 7.77. The van der Waals surface area contributed by atoms with Crippen molar-refractivity contribution in [3.8, 4) is 5.75 Å². The zero-order valence-electron chi connectivity index (χ0n) is 14.3. The summed E-state index contributed by atoms with van der Waals surface area (Å²) in [6, 6.07) is 8.19. The van der Waals surface area contributed by atoms with Gasteiger partial charge in [0.05, 0.1) is 17.0 Å². The number of aryl methyl sites for hydroxylation is 3. The van der Waals surface area contributed by atoms with Crippen molar-refractivity contribution in [3.63, 3.8) is 0 Å². The fourth-order valence-corrected chi connectivity index (χ4v) is 4.11. The Kier molecular flexibility index (Phi) is 4.43. The molecule has 0 atom stereocenters. The lowest BCUT2D eigenvalue weighted by atomic mass is 10.1. The molecule has 0 spiro atoms. The van der Waals surface area contributed by atoms with Crippen LogP contribution in [0.15, 0.2) is 35.2 Å². The minimum absolute atomic E-state index is 0.228. The summed E-state index contributed by atoms with van der Waals surface area (Å²) < 4.78 is 33.5. The Morgan fingerprint density at radius 3 is 2.52 bits per heavy atom. The van der Waals surface area contributed by atoms with Crippen LogP contribution in [0.2, 0.25) is 0 Å². The molecule has 2 N–H and O–H groups in total. The van der Waals surface area contributed by atoms with E-state index in [0.717, 1.165) is 11.1 Å². The number of rotatable bonds is 3. The molecule has 3 rings (SSSR count). The molecule has 0 fully saturated rings. The Balaban J connectivity index is 1.97. The Hall–Kier alpha value is -2.54. The maximum Gasteiger partial charge on any atom is 0.262 e. The predicted molar refractivity (Wildman–Crippen MR) is 95.7 cm³/mol. The van der Waals surface area contributed by atoms with E-state index in [1.165, 1.54) is 6.07 Å². The van der Waals surface area contributed by atoms with Gasteiger partial charge < -0.3 is 10.1 Å². The highest BCUT2D eigenvalue weighted by Gasteiger charge is 2.21. The Bertz CT molecular complexity index is 952. The van der Waals surface area contributed by atoms with Gasteiger partial charge in [-0.25, -0.2) is 8.42 Å². The van der Waals surface area contributed by atoms with Crippen molar-refractivity contribution in [2.75, 3.05) is 17.9 Å². The third-order valence-corrected chi connectivity index (χ3v) is 5.73. The van der Waals surface area contributed by atoms with Crippen molar-refractivity contribution in [2.45, 2.75) is 25.7 Å². The summed E-state index contributed by atoms with van der Waals surface area (Å²) in [5.74, 6) is 0.163. The van der Waals surface area contributed by atoms with Crippen LogP contribution in [0.25, 0.3) is 0 Å². The molecule has 25 heavy (non-hydrogen) atoms. The lowest BCUT2D eigenvalue weighted by Gasteiger charge is -2.14. The number of hydrogen-bond donors (Lipinski definition) is 2. The number of carbonyl (C=O) groups excluding carboxylic acids is 1. The molecule has 0 bridgehead atoms. The topological polar surface area (TPSA) is 84.5 Å². The molecule has 1 aliphatic rings. The van der Waals surface area contributed by atoms with Crippen molar-refractivity contribution < 1.29 is 17.9 Å². The largest absolute Gasteiger partial charge is 0.491 e. The molecule has 0 radical (unpaired) electrons. The first kappa shape index (κ1) is 17.3. The highest BCUT2D eigenvalue weighted by molar-refractivity contribution is 7.92. The Morgan fingerprint density at radius 2 is 1.76 bits per heavy atom. The van der Waals surface area contributed by atoms with Crippen LogP contribution in [0, 0.1) is 20.8 Å². The van der Waals surface area contributed by atoms with Crippen molar-refractivity contribution in [2.24, 2.45) is 0 Å². The highest BCUT2D eigenvalue weighted by Crippen LogP contribution is 2.27. The highest BCUT2D eigenvalue weighted by atomic mass is 32.2. The van der Waals surface area contributed by atoms with E-state index in [2.05, 4.69) is 10.0 Å². The first-order valence-electron chi connectivity index (χ1n) is 7.93. The average molecular weight is 360 g/mol. The van der Waals surface area contributed by atoms with Gasteiger partial charge in [0.2, 0.25) is 0 Å². The molecule has 7 heteroatoms. The zero-order chi connectivity index (χ0) is 18.2. The van der Waals surface area contributed by atoms with Gasteiger partial charge in [-0.1, -0.05) is 6.07 Å². The minimum Gasteiger partial charge on any atom is -0.491 e. The van der Waals surface area contributed by atoms with Crippen LogP contribution in [-0.4, -0.2) is 27.5 Å². The number of amides is 1. The summed E-state index contributed by atoms with van der Waals surface area (Å²) in [6.45, 7) is 6.37. The van der Waals surface area contributed by atoms with E-state index in [4.69, 9.17) is 4.74 Å². The maximum absolute atomic E-state index is 12.8. The third-order valence-electron chi connectivity index (χ3n) is 4.20. The molecular weight excluding hydrogens is 340 g/mol. The number of nitrogens with one attached hydrogen (secondary N) is 2. The van der Waals surface area contributed by atoms with Gasteiger partial charge in [-0.2, -0.15) is 0 Å². The summed E-state index contributed by atoms with van der Waals surface area (Å²) >= 11 is 0. The standard InChI is InChI=1S/C18H20N2O4S/c1-11-8-13(3)17(9-12(11)2)25(22,23)20-14-4-5-16-15(10-14)18(21)19-6-7-24-16/h4-5,8-10,20H,6-7H2,1-3H3,(H,19,21). The van der Waals surface area contributed by atoms with Gasteiger partial charge in [-0.15, -0.1) is 0 Å². The molecule has 0 saturated heterocycles. The molecule has 6 nitrogen and oxygen atoms in total. The average Bonchev–Trinajstić information content (AvgIpc) is 2.72. The van der Waals surface area contributed by atoms with Crippen LogP contribution >= 0.6 is 0 Å². The van der Waals surface area contributed by atoms with Crippen LogP contribution in [0.4, 0.5) is 5.69 Å². The normalized spacial score (nSPS) is 14.1. The van der Waals surface area contributed by atoms with E-state index in [0.29, 0.717) is 35.7 Å². The molecule has 132 valence electrons. The molecule has 2 aromatic carbocycles. The second kappa shape index (κ2) is 6.40. The van der Waals surface area contributed by atoms with Crippen LogP contribution in [0.3, 0.4) is 0 Å². The molecule has 1 aliphatic heterocycles. The van der Waals surface area contributed by atoms with Gasteiger partial charge in [-0.05, 0) is 61.7 Å². The molecule has 2 aromatic rings. The number of hydrogen-bond acceptors (Lipinski definition) is 4. The van der Waals surface area contributed by atoms with Crippen molar-refractivity contribution in [1.29, 1.82) is 0 Å². The van der Waals surface area contributed by atoms with Crippen molar-refractivity contribution in [3.05, 3.63) is 52.6 Å². The molecule has 1 amide bonds. The summed E-state index contributed by atoms with van der Waals surface area (Å²) in [5, 5.41) is 2.70. The second-order valence-electron chi connectivity index (χ2n) is 6.12. The lowest BCUT2D eigenvalue weighted by Crippen LogP contribution is -2.24. The summed E-state index contributed by atoms with van der Waals surface area (Å²) in [7, 11) is -3.76. The Morgan fingerprint density at radius 1 is 1.04 bits per heavy atom.